The predicted octanol–water partition coefficient (Wildman–Crippen LogP) is 23.5. The highest BCUT2D eigenvalue weighted by Gasteiger charge is 2.46. The number of aromatic nitrogens is 3. The van der Waals surface area contributed by atoms with E-state index in [-0.39, 0.29) is 93.7 Å². The second kappa shape index (κ2) is 22.0. The first-order valence-corrected chi connectivity index (χ1v) is 33.5. The van der Waals surface area contributed by atoms with E-state index in [1.54, 1.807) is 16.5 Å². The fraction of sp³-hybridized carbons (Fsp3) is 0. The number of hydrogen-bond donors (Lipinski definition) is 0. The van der Waals surface area contributed by atoms with Crippen LogP contribution in [0.4, 0.5) is 34.1 Å². The Bertz CT molecular complexity index is 8220. The molecule has 0 saturated carbocycles. The van der Waals surface area contributed by atoms with Gasteiger partial charge in [-0.15, -0.1) is 0 Å². The number of benzene rings is 16. The van der Waals surface area contributed by atoms with E-state index in [0.29, 0.717) is 94.1 Å². The molecule has 2 aliphatic rings. The van der Waals surface area contributed by atoms with Crippen molar-refractivity contribution in [1.82, 2.24) is 13.5 Å². The molecule has 0 radical (unpaired) electrons. The van der Waals surface area contributed by atoms with E-state index in [9.17, 15) is 28.8 Å². The van der Waals surface area contributed by atoms with Crippen LogP contribution in [-0.2, 0) is 0 Å². The summed E-state index contributed by atoms with van der Waals surface area (Å²) in [4.78, 5) is 4.14. The maximum atomic E-state index is 10.3. The van der Waals surface area contributed by atoms with Crippen LogP contribution in [0.2, 0.25) is 0 Å². The molecule has 0 unspecified atom stereocenters. The van der Waals surface area contributed by atoms with Crippen LogP contribution in [0.25, 0.3) is 148 Å². The Hall–Kier alpha value is -13.4. The van der Waals surface area contributed by atoms with Crippen molar-refractivity contribution < 1.29 is 31.5 Å². The van der Waals surface area contributed by atoms with E-state index in [1.807, 2.05) is 206 Å². The third-order valence-corrected chi connectivity index (χ3v) is 20.6. The summed E-state index contributed by atoms with van der Waals surface area (Å²) in [6, 6.07) is 57.5. The average Bonchev–Trinajstić information content (AvgIpc) is 1.67. The molecule has 20 aromatic rings. The van der Waals surface area contributed by atoms with Crippen LogP contribution >= 0.6 is 0 Å². The van der Waals surface area contributed by atoms with Crippen molar-refractivity contribution >= 4 is 160 Å². The molecule has 0 atom stereocenters. The van der Waals surface area contributed by atoms with Crippen molar-refractivity contribution in [2.75, 3.05) is 9.80 Å². The smallest absolute Gasteiger partial charge is 0.252 e. The van der Waals surface area contributed by atoms with Crippen molar-refractivity contribution in [3.63, 3.8) is 0 Å². The van der Waals surface area contributed by atoms with Crippen LogP contribution in [0.5, 0.6) is 0 Å². The zero-order valence-electron chi connectivity index (χ0n) is 76.7. The first-order chi connectivity index (χ1) is 60.2. The molecular weight excluding hydrogens is 1230 g/mol. The molecule has 0 spiro atoms. The molecule has 472 valence electrons. The summed E-state index contributed by atoms with van der Waals surface area (Å²) in [5.74, 6) is 0. The van der Waals surface area contributed by atoms with E-state index in [2.05, 4.69) is 15.9 Å². The van der Waals surface area contributed by atoms with E-state index >= 15 is 0 Å². The molecule has 5 nitrogen and oxygen atoms in total. The Morgan fingerprint density at radius 1 is 0.245 bits per heavy atom. The van der Waals surface area contributed by atoms with E-state index in [4.69, 9.17) is 2.74 Å². The standard InChI is InChI=1S/C96H60BN5/c1-4-28-61(29-5-1)66-34-14-20-48-83(66)100-91-60-89-80(72-38-13-11-36-70(72)69-35-10-12-37-71(69)78-46-27-47-79-77-43-19-25-53-88(77)101(89)96(78)79)59-82(91)97-81-55-54-64(98-84-49-21-15-39-73(84)74-40-16-22-50-85(74)98)56-90(81)102(95-67(62-30-6-2-7-31-62)44-26-45-68(95)63-32-8-3-9-33-63)93-58-65(57-92(100)94(93)97)99-86-51-23-17-41-75(86)76-42-18-24-52-87(76)99/h1-60H/i15D,16D,17D,18D,19D,21D,22D,23D,24D,25D,27D,39D,40D,41D,42D,43D,46D,47D,49D,50D,51D,52D,53D. The monoisotopic (exact) mass is 1320 g/mol. The highest BCUT2D eigenvalue weighted by Crippen LogP contribution is 2.54. The van der Waals surface area contributed by atoms with Crippen molar-refractivity contribution in [1.29, 1.82) is 0 Å². The molecule has 102 heavy (non-hydrogen) atoms. The molecule has 0 aliphatic carbocycles. The lowest BCUT2D eigenvalue weighted by molar-refractivity contribution is 1.15. The largest absolute Gasteiger partial charge is 0.311 e. The summed E-state index contributed by atoms with van der Waals surface area (Å²) >= 11 is 0. The molecule has 6 heterocycles. The van der Waals surface area contributed by atoms with E-state index < -0.39 is 140 Å². The number of fused-ring (bicyclic) bond motifs is 20. The van der Waals surface area contributed by atoms with Crippen LogP contribution in [0.1, 0.15) is 31.5 Å². The van der Waals surface area contributed by atoms with E-state index in [1.165, 1.54) is 9.13 Å². The number of anilines is 6. The molecular formula is C96H60BN5. The summed E-state index contributed by atoms with van der Waals surface area (Å²) in [6.45, 7) is -1.07. The molecule has 0 amide bonds. The minimum absolute atomic E-state index is 0.0161. The van der Waals surface area contributed by atoms with Crippen molar-refractivity contribution in [3.05, 3.63) is 363 Å². The highest BCUT2D eigenvalue weighted by atomic mass is 15.2. The normalized spacial score (nSPS) is 15.8. The number of nitrogens with zero attached hydrogens (tertiary/aromatic N) is 5. The van der Waals surface area contributed by atoms with Crippen LogP contribution in [0.3, 0.4) is 0 Å². The number of para-hydroxylation sites is 8. The Kier molecular flexibility index (Phi) is 8.35. The van der Waals surface area contributed by atoms with Crippen LogP contribution in [0, 0.1) is 0 Å². The van der Waals surface area contributed by atoms with Gasteiger partial charge >= 0.3 is 0 Å². The number of hydrogen-bond acceptors (Lipinski definition) is 2. The fourth-order valence-electron chi connectivity index (χ4n) is 16.4. The van der Waals surface area contributed by atoms with Gasteiger partial charge in [-0.1, -0.05) is 297 Å². The fourth-order valence-corrected chi connectivity index (χ4v) is 16.4. The molecule has 6 heteroatoms. The van der Waals surface area contributed by atoms with Gasteiger partial charge in [0.15, 0.2) is 0 Å². The van der Waals surface area contributed by atoms with Crippen molar-refractivity contribution in [2.24, 2.45) is 0 Å². The van der Waals surface area contributed by atoms with Crippen LogP contribution in [-0.4, -0.2) is 20.2 Å². The summed E-state index contributed by atoms with van der Waals surface area (Å²) in [6.07, 6.45) is 0. The SMILES string of the molecule is [2H]c1c([2H])c([2H])c2c(c1[2H])c1c([2H])c([2H])c([2H])c([2H])c1n2-c1ccc2c(c1)N(c1c(-c3ccccc3)cccc1-c1ccccc1)c1cc(-n3c4c([2H])c([2H])c([2H])c([2H])c4c4c([2H])c([2H])c([2H])c([2H])c43)cc3c1B2c1cc2c4ccccc4c4ccccc4c4c([2H])c([2H])c([2H])c5c6c([2H])c([2H])c([2H])c([2H])c6n(c2cc1N3c1ccccc1-c1ccccc1)c45. The van der Waals surface area contributed by atoms with Crippen molar-refractivity contribution in [3.8, 4) is 44.8 Å². The van der Waals surface area contributed by atoms with E-state index in [0.717, 1.165) is 16.7 Å². The van der Waals surface area contributed by atoms with Gasteiger partial charge in [0, 0.05) is 88.2 Å². The molecule has 22 rings (SSSR count). The van der Waals surface area contributed by atoms with Gasteiger partial charge in [-0.25, -0.2) is 0 Å². The summed E-state index contributed by atoms with van der Waals surface area (Å²) in [7, 11) is 0. The maximum absolute atomic E-state index is 10.3. The minimum atomic E-state index is -1.07. The molecule has 0 N–H and O–H groups in total. The van der Waals surface area contributed by atoms with Crippen molar-refractivity contribution in [2.45, 2.75) is 0 Å². The molecule has 16 aromatic carbocycles. The van der Waals surface area contributed by atoms with Gasteiger partial charge in [0.2, 0.25) is 0 Å². The lowest BCUT2D eigenvalue weighted by Crippen LogP contribution is -2.61. The quantitative estimate of drug-likeness (QED) is 0.148. The lowest BCUT2D eigenvalue weighted by Gasteiger charge is -2.45. The second-order valence-electron chi connectivity index (χ2n) is 25.7. The maximum Gasteiger partial charge on any atom is 0.252 e. The topological polar surface area (TPSA) is 20.8 Å². The lowest BCUT2D eigenvalue weighted by atomic mass is 9.33. The molecule has 4 aromatic heterocycles. The first kappa shape index (κ1) is 38.7. The zero-order chi connectivity index (χ0) is 86.7. The Balaban J connectivity index is 1.03. The van der Waals surface area contributed by atoms with Gasteiger partial charge < -0.3 is 23.3 Å². The Morgan fingerprint density at radius 3 is 1.21 bits per heavy atom. The summed E-state index contributed by atoms with van der Waals surface area (Å²) in [5.41, 5.74) is 8.15. The Morgan fingerprint density at radius 2 is 0.647 bits per heavy atom. The average molecular weight is 1320 g/mol. The van der Waals surface area contributed by atoms with Gasteiger partial charge in [0.25, 0.3) is 6.71 Å². The van der Waals surface area contributed by atoms with Gasteiger partial charge in [-0.2, -0.15) is 0 Å². The Labute approximate surface area is 621 Å². The highest BCUT2D eigenvalue weighted by molar-refractivity contribution is 7.00. The predicted molar refractivity (Wildman–Crippen MR) is 433 cm³/mol. The molecule has 2 aliphatic heterocycles. The summed E-state index contributed by atoms with van der Waals surface area (Å²) in [5, 5.41) is 2.09. The minimum Gasteiger partial charge on any atom is -0.311 e. The molecule has 0 bridgehead atoms. The summed E-state index contributed by atoms with van der Waals surface area (Å²) < 4.78 is 228. The second-order valence-corrected chi connectivity index (χ2v) is 25.7. The van der Waals surface area contributed by atoms with Crippen LogP contribution in [0.15, 0.2) is 363 Å². The number of rotatable bonds is 7. The first-order valence-electron chi connectivity index (χ1n) is 45.0. The third kappa shape index (κ3) is 8.11. The van der Waals surface area contributed by atoms with Crippen LogP contribution < -0.4 is 26.2 Å². The zero-order valence-corrected chi connectivity index (χ0v) is 53.7. The van der Waals surface area contributed by atoms with Gasteiger partial charge in [0.05, 0.1) is 87.2 Å². The van der Waals surface area contributed by atoms with Gasteiger partial charge in [-0.3, -0.25) is 0 Å². The van der Waals surface area contributed by atoms with Gasteiger partial charge in [-0.05, 0) is 121 Å². The third-order valence-electron chi connectivity index (χ3n) is 20.6. The van der Waals surface area contributed by atoms with Gasteiger partial charge in [0.1, 0.15) is 0 Å². The molecule has 0 saturated heterocycles. The molecule has 0 fully saturated rings.